The highest BCUT2D eigenvalue weighted by Crippen LogP contribution is 2.34. The molecule has 2 aromatic rings. The van der Waals surface area contributed by atoms with Crippen LogP contribution in [0.3, 0.4) is 0 Å². The van der Waals surface area contributed by atoms with Gasteiger partial charge in [0.2, 0.25) is 0 Å². The van der Waals surface area contributed by atoms with Crippen molar-refractivity contribution in [3.8, 4) is 11.1 Å². The summed E-state index contributed by atoms with van der Waals surface area (Å²) in [6, 6.07) is 8.15. The molecular formula is C16H16FN4O+. The second-order valence-electron chi connectivity index (χ2n) is 5.68. The summed E-state index contributed by atoms with van der Waals surface area (Å²) in [4.78, 5) is 17.9. The summed E-state index contributed by atoms with van der Waals surface area (Å²) in [5.41, 5.74) is 0.832. The minimum atomic E-state index is -0.906. The molecule has 1 aromatic heterocycles. The lowest BCUT2D eigenvalue weighted by atomic mass is 9.90. The number of hydrogen-bond donors (Lipinski definition) is 1. The molecule has 5 nitrogen and oxygen atoms in total. The zero-order chi connectivity index (χ0) is 15.9. The van der Waals surface area contributed by atoms with Gasteiger partial charge in [0, 0.05) is 23.5 Å². The minimum absolute atomic E-state index is 0.0882. The number of guanidine groups is 1. The minimum Gasteiger partial charge on any atom is -0.264 e. The van der Waals surface area contributed by atoms with Gasteiger partial charge in [-0.05, 0) is 35.4 Å². The number of rotatable bonds is 2. The lowest BCUT2D eigenvalue weighted by Crippen LogP contribution is -2.33. The van der Waals surface area contributed by atoms with Crippen molar-refractivity contribution >= 4 is 5.96 Å². The van der Waals surface area contributed by atoms with Crippen molar-refractivity contribution in [2.24, 2.45) is 0 Å². The summed E-state index contributed by atoms with van der Waals surface area (Å²) in [6.07, 6.45) is 3.21. The van der Waals surface area contributed by atoms with Crippen LogP contribution in [0.15, 0.2) is 42.7 Å². The van der Waals surface area contributed by atoms with Crippen molar-refractivity contribution < 1.29 is 9.15 Å². The molecule has 2 heterocycles. The van der Waals surface area contributed by atoms with Gasteiger partial charge in [0.1, 0.15) is 12.4 Å². The van der Waals surface area contributed by atoms with E-state index in [4.69, 9.17) is 5.41 Å². The number of aromatic nitrogens is 1. The molecule has 1 N–H and O–H groups in total. The van der Waals surface area contributed by atoms with E-state index in [9.17, 15) is 9.30 Å². The van der Waals surface area contributed by atoms with Crippen molar-refractivity contribution in [3.05, 3.63) is 59.0 Å². The van der Waals surface area contributed by atoms with Gasteiger partial charge in [-0.25, -0.2) is 4.39 Å². The Hall–Kier alpha value is -2.63. The van der Waals surface area contributed by atoms with Gasteiger partial charge in [-0.3, -0.25) is 9.88 Å². The fraction of sp³-hybridized carbons (Fsp3) is 0.250. The van der Waals surface area contributed by atoms with Crippen LogP contribution in [0, 0.1) is 16.1 Å². The Balaban J connectivity index is 2.11. The van der Waals surface area contributed by atoms with Crippen molar-refractivity contribution in [3.63, 3.8) is 0 Å². The van der Waals surface area contributed by atoms with E-state index in [1.54, 1.807) is 55.5 Å². The molecule has 0 bridgehead atoms. The van der Waals surface area contributed by atoms with Gasteiger partial charge in [-0.15, -0.1) is 5.41 Å². The third kappa shape index (κ3) is 2.07. The maximum absolute atomic E-state index is 14.1. The summed E-state index contributed by atoms with van der Waals surface area (Å²) in [5.74, 6) is -0.450. The first-order chi connectivity index (χ1) is 10.4. The molecule has 22 heavy (non-hydrogen) atoms. The molecule has 1 saturated heterocycles. The molecule has 0 saturated carbocycles. The average Bonchev–Trinajstić information content (AvgIpc) is 2.73. The first-order valence-electron chi connectivity index (χ1n) is 6.91. The molecule has 1 aromatic carbocycles. The molecule has 1 fully saturated rings. The van der Waals surface area contributed by atoms with E-state index in [2.05, 4.69) is 4.98 Å². The van der Waals surface area contributed by atoms with Gasteiger partial charge >= 0.3 is 5.96 Å². The van der Waals surface area contributed by atoms with Gasteiger partial charge in [0.25, 0.3) is 0 Å². The van der Waals surface area contributed by atoms with Gasteiger partial charge in [-0.1, -0.05) is 17.0 Å². The molecule has 0 radical (unpaired) electrons. The largest absolute Gasteiger partial charge is 0.423 e. The summed E-state index contributed by atoms with van der Waals surface area (Å²) < 4.78 is 14.8. The quantitative estimate of drug-likeness (QED) is 0.867. The summed E-state index contributed by atoms with van der Waals surface area (Å²) >= 11 is 0. The Bertz CT molecular complexity index is 762. The second-order valence-corrected chi connectivity index (χ2v) is 5.68. The zero-order valence-corrected chi connectivity index (χ0v) is 12.4. The second kappa shape index (κ2) is 4.98. The lowest BCUT2D eigenvalue weighted by molar-refractivity contribution is -0.516. The van der Waals surface area contributed by atoms with Gasteiger partial charge in [-0.2, -0.15) is 0 Å². The number of nitrogens with zero attached hydrogens (tertiary/aromatic N) is 3. The third-order valence-corrected chi connectivity index (χ3v) is 4.11. The van der Waals surface area contributed by atoms with Crippen molar-refractivity contribution in [1.82, 2.24) is 9.88 Å². The van der Waals surface area contributed by atoms with Crippen LogP contribution in [-0.4, -0.2) is 34.2 Å². The van der Waals surface area contributed by atoms with Crippen molar-refractivity contribution in [2.75, 3.05) is 13.6 Å². The number of benzene rings is 1. The molecule has 1 aliphatic rings. The first kappa shape index (κ1) is 14.3. The Morgan fingerprint density at radius 3 is 2.77 bits per heavy atom. The maximum atomic E-state index is 14.1. The average molecular weight is 299 g/mol. The van der Waals surface area contributed by atoms with Crippen LogP contribution in [0.1, 0.15) is 12.5 Å². The smallest absolute Gasteiger partial charge is 0.264 e. The monoisotopic (exact) mass is 299 g/mol. The highest BCUT2D eigenvalue weighted by atomic mass is 19.1. The molecule has 3 rings (SSSR count). The van der Waals surface area contributed by atoms with E-state index in [0.717, 1.165) is 0 Å². The molecule has 0 amide bonds. The maximum Gasteiger partial charge on any atom is 0.423 e. The van der Waals surface area contributed by atoms with Crippen LogP contribution < -0.4 is 0 Å². The number of halogens is 1. The van der Waals surface area contributed by atoms with Gasteiger partial charge in [0.05, 0.1) is 7.05 Å². The molecule has 1 unspecified atom stereocenters. The SMILES string of the molecule is CN1CC(C)(c2ccc(F)c(-c3cccnc3)c2)[N+](=O)C1=N. The summed E-state index contributed by atoms with van der Waals surface area (Å²) in [5, 5.41) is 7.78. The van der Waals surface area contributed by atoms with Crippen LogP contribution in [0.5, 0.6) is 0 Å². The number of pyridine rings is 1. The van der Waals surface area contributed by atoms with Gasteiger partial charge in [0.15, 0.2) is 5.54 Å². The van der Waals surface area contributed by atoms with E-state index in [0.29, 0.717) is 28.0 Å². The molecule has 6 heteroatoms. The Labute approximate surface area is 127 Å². The van der Waals surface area contributed by atoms with Crippen LogP contribution >= 0.6 is 0 Å². The summed E-state index contributed by atoms with van der Waals surface area (Å²) in [6.45, 7) is 2.14. The van der Waals surface area contributed by atoms with Crippen molar-refractivity contribution in [2.45, 2.75) is 12.5 Å². The van der Waals surface area contributed by atoms with Gasteiger partial charge < -0.3 is 0 Å². The predicted molar refractivity (Wildman–Crippen MR) is 81.0 cm³/mol. The Morgan fingerprint density at radius 1 is 1.41 bits per heavy atom. The molecule has 112 valence electrons. The van der Waals surface area contributed by atoms with E-state index >= 15 is 0 Å². The zero-order valence-electron chi connectivity index (χ0n) is 12.4. The fourth-order valence-corrected chi connectivity index (χ4v) is 2.80. The number of nitrogens with one attached hydrogen (secondary N) is 1. The number of nitroso groups, excluding NO2 is 1. The highest BCUT2D eigenvalue weighted by molar-refractivity contribution is 5.71. The van der Waals surface area contributed by atoms with Crippen LogP contribution in [0.4, 0.5) is 4.39 Å². The molecule has 0 spiro atoms. The molecule has 1 atom stereocenters. The molecule has 0 aliphatic carbocycles. The predicted octanol–water partition coefficient (Wildman–Crippen LogP) is 2.76. The fourth-order valence-electron chi connectivity index (χ4n) is 2.80. The summed E-state index contributed by atoms with van der Waals surface area (Å²) in [7, 11) is 1.70. The van der Waals surface area contributed by atoms with Crippen LogP contribution in [-0.2, 0) is 5.54 Å². The topological polar surface area (TPSA) is 60.1 Å². The van der Waals surface area contributed by atoms with Crippen LogP contribution in [0.2, 0.25) is 0 Å². The number of hydrogen-bond acceptors (Lipinski definition) is 3. The third-order valence-electron chi connectivity index (χ3n) is 4.11. The van der Waals surface area contributed by atoms with E-state index in [-0.39, 0.29) is 11.8 Å². The highest BCUT2D eigenvalue weighted by Gasteiger charge is 2.51. The van der Waals surface area contributed by atoms with E-state index in [1.807, 2.05) is 0 Å². The normalized spacial score (nSPS) is 21.5. The van der Waals surface area contributed by atoms with E-state index in [1.165, 1.54) is 6.07 Å². The number of likely N-dealkylation sites (N-methyl/N-ethyl adjacent to an activating group) is 1. The Kier molecular flexibility index (Phi) is 3.24. The van der Waals surface area contributed by atoms with Crippen molar-refractivity contribution in [1.29, 1.82) is 5.41 Å². The standard InChI is InChI=1S/C16H16FN4O/c1-16(10-20(2)15(18)21(16)22)12-5-6-14(17)13(8-12)11-4-3-7-19-9-11/h3-9,18H,10H2,1-2H3/q+1. The molecule has 1 aliphatic heterocycles. The Morgan fingerprint density at radius 2 is 2.18 bits per heavy atom. The van der Waals surface area contributed by atoms with Crippen LogP contribution in [0.25, 0.3) is 11.1 Å². The lowest BCUT2D eigenvalue weighted by Gasteiger charge is -2.19. The first-order valence-corrected chi connectivity index (χ1v) is 6.91. The van der Waals surface area contributed by atoms with E-state index < -0.39 is 5.54 Å². The molecular weight excluding hydrogens is 283 g/mol.